The number of nitrogens with one attached hydrogen (secondary N) is 1. The summed E-state index contributed by atoms with van der Waals surface area (Å²) in [4.78, 5) is 17.5. The molecule has 1 aliphatic carbocycles. The summed E-state index contributed by atoms with van der Waals surface area (Å²) >= 11 is 0. The topological polar surface area (TPSA) is 55.6 Å². The number of nitrogens with zero attached hydrogens (tertiary/aromatic N) is 2. The fraction of sp³-hybridized carbons (Fsp3) is 0.364. The van der Waals surface area contributed by atoms with Crippen LogP contribution in [0.2, 0.25) is 0 Å². The van der Waals surface area contributed by atoms with Gasteiger partial charge < -0.3 is 10.1 Å². The Bertz CT molecular complexity index is 1030. The maximum atomic E-state index is 12.8. The summed E-state index contributed by atoms with van der Waals surface area (Å²) in [5, 5.41) is 3.04. The van der Waals surface area contributed by atoms with Gasteiger partial charge in [0, 0.05) is 12.7 Å². The number of benzene rings is 1. The second kappa shape index (κ2) is 6.50. The minimum absolute atomic E-state index is 0.0897. The Morgan fingerprint density at radius 1 is 1.22 bits per heavy atom. The number of hydrogen-bond donors (Lipinski definition) is 1. The van der Waals surface area contributed by atoms with Gasteiger partial charge >= 0.3 is 0 Å². The van der Waals surface area contributed by atoms with Crippen LogP contribution in [-0.4, -0.2) is 15.3 Å². The largest absolute Gasteiger partial charge is 0.372 e. The van der Waals surface area contributed by atoms with E-state index in [9.17, 15) is 4.79 Å². The van der Waals surface area contributed by atoms with E-state index < -0.39 is 0 Å². The van der Waals surface area contributed by atoms with E-state index >= 15 is 0 Å². The van der Waals surface area contributed by atoms with E-state index in [1.54, 1.807) is 0 Å². The molecule has 5 heteroatoms. The summed E-state index contributed by atoms with van der Waals surface area (Å²) in [6.45, 7) is 3.75. The first-order chi connectivity index (χ1) is 13.2. The van der Waals surface area contributed by atoms with Crippen molar-refractivity contribution >= 4 is 11.6 Å². The van der Waals surface area contributed by atoms with Gasteiger partial charge in [0.15, 0.2) is 0 Å². The Kier molecular flexibility index (Phi) is 3.97. The monoisotopic (exact) mass is 361 g/mol. The van der Waals surface area contributed by atoms with Crippen molar-refractivity contribution in [3.8, 4) is 0 Å². The number of aryl methyl sites for hydroxylation is 1. The molecule has 1 aliphatic heterocycles. The van der Waals surface area contributed by atoms with Crippen molar-refractivity contribution in [2.45, 2.75) is 51.9 Å². The molecule has 3 aromatic rings. The lowest BCUT2D eigenvalue weighted by atomic mass is 9.80. The number of fused-ring (bicyclic) bond motifs is 2. The molecule has 5 rings (SSSR count). The molecule has 0 saturated heterocycles. The summed E-state index contributed by atoms with van der Waals surface area (Å²) in [6, 6.07) is 10.5. The van der Waals surface area contributed by atoms with Crippen molar-refractivity contribution < 1.29 is 9.53 Å². The fourth-order valence-electron chi connectivity index (χ4n) is 4.05. The van der Waals surface area contributed by atoms with E-state index in [0.717, 1.165) is 16.9 Å². The van der Waals surface area contributed by atoms with Gasteiger partial charge in [-0.25, -0.2) is 4.98 Å². The van der Waals surface area contributed by atoms with E-state index in [-0.39, 0.29) is 5.91 Å². The number of amides is 1. The number of aromatic nitrogens is 2. The van der Waals surface area contributed by atoms with Crippen LogP contribution < -0.4 is 5.32 Å². The SMILES string of the molecule is Cc1nc2cc(C3CCC3)ccn2c1C(=O)NCc1ccc2c(c1)COC2. The van der Waals surface area contributed by atoms with Crippen LogP contribution in [0.5, 0.6) is 0 Å². The molecule has 0 radical (unpaired) electrons. The molecule has 2 aromatic heterocycles. The molecule has 0 unspecified atom stereocenters. The Hall–Kier alpha value is -2.66. The van der Waals surface area contributed by atoms with E-state index in [1.165, 1.54) is 36.0 Å². The molecule has 3 heterocycles. The van der Waals surface area contributed by atoms with E-state index in [1.807, 2.05) is 17.5 Å². The zero-order valence-electron chi connectivity index (χ0n) is 15.5. The fourth-order valence-corrected chi connectivity index (χ4v) is 4.05. The third kappa shape index (κ3) is 2.92. The molecule has 1 saturated carbocycles. The van der Waals surface area contributed by atoms with Gasteiger partial charge in [0.1, 0.15) is 11.3 Å². The summed E-state index contributed by atoms with van der Waals surface area (Å²) < 4.78 is 7.36. The predicted molar refractivity (Wildman–Crippen MR) is 103 cm³/mol. The molecule has 0 bridgehead atoms. The number of imidazole rings is 1. The molecule has 1 aromatic carbocycles. The Balaban J connectivity index is 1.36. The van der Waals surface area contributed by atoms with Gasteiger partial charge in [-0.05, 0) is 60.1 Å². The van der Waals surface area contributed by atoms with Crippen LogP contribution in [-0.2, 0) is 24.5 Å². The Morgan fingerprint density at radius 3 is 2.89 bits per heavy atom. The molecule has 2 aliphatic rings. The number of ether oxygens (including phenoxy) is 1. The van der Waals surface area contributed by atoms with Crippen LogP contribution >= 0.6 is 0 Å². The average Bonchev–Trinajstić information content (AvgIpc) is 3.20. The molecule has 5 nitrogen and oxygen atoms in total. The number of pyridine rings is 1. The Morgan fingerprint density at radius 2 is 2.07 bits per heavy atom. The number of rotatable bonds is 4. The van der Waals surface area contributed by atoms with Crippen LogP contribution in [0.3, 0.4) is 0 Å². The average molecular weight is 361 g/mol. The maximum Gasteiger partial charge on any atom is 0.270 e. The third-order valence-corrected chi connectivity index (χ3v) is 5.86. The highest BCUT2D eigenvalue weighted by Gasteiger charge is 2.22. The normalized spacial score (nSPS) is 16.3. The molecule has 1 amide bonds. The third-order valence-electron chi connectivity index (χ3n) is 5.86. The van der Waals surface area contributed by atoms with Crippen LogP contribution in [0.15, 0.2) is 36.5 Å². The highest BCUT2D eigenvalue weighted by Crippen LogP contribution is 2.36. The van der Waals surface area contributed by atoms with Crippen LogP contribution in [0.1, 0.15) is 63.6 Å². The molecule has 1 fully saturated rings. The standard InChI is InChI=1S/C22H23N3O2/c1-14-21(25-8-7-17(10-20(25)24-14)16-3-2-4-16)22(26)23-11-15-5-6-18-12-27-13-19(18)9-15/h5-10,16H,2-4,11-13H2,1H3,(H,23,26). The summed E-state index contributed by atoms with van der Waals surface area (Å²) in [5.41, 5.74) is 7.13. The van der Waals surface area contributed by atoms with Gasteiger partial charge in [0.25, 0.3) is 5.91 Å². The number of carbonyl (C=O) groups excluding carboxylic acids is 1. The maximum absolute atomic E-state index is 12.8. The minimum Gasteiger partial charge on any atom is -0.372 e. The van der Waals surface area contributed by atoms with E-state index in [4.69, 9.17) is 4.74 Å². The van der Waals surface area contributed by atoms with Gasteiger partial charge in [0.2, 0.25) is 0 Å². The second-order valence-electron chi connectivity index (χ2n) is 7.64. The van der Waals surface area contributed by atoms with Crippen molar-refractivity contribution in [1.82, 2.24) is 14.7 Å². The summed E-state index contributed by atoms with van der Waals surface area (Å²) in [5.74, 6) is 0.571. The zero-order valence-corrected chi connectivity index (χ0v) is 15.5. The molecule has 0 atom stereocenters. The van der Waals surface area contributed by atoms with Gasteiger partial charge in [-0.1, -0.05) is 24.6 Å². The molecule has 27 heavy (non-hydrogen) atoms. The van der Waals surface area contributed by atoms with E-state index in [2.05, 4.69) is 40.6 Å². The second-order valence-corrected chi connectivity index (χ2v) is 7.64. The van der Waals surface area contributed by atoms with Crippen LogP contribution in [0, 0.1) is 6.92 Å². The van der Waals surface area contributed by atoms with Gasteiger partial charge in [-0.3, -0.25) is 9.20 Å². The number of carbonyl (C=O) groups is 1. The highest BCUT2D eigenvalue weighted by atomic mass is 16.5. The smallest absolute Gasteiger partial charge is 0.270 e. The first-order valence-corrected chi connectivity index (χ1v) is 9.64. The zero-order chi connectivity index (χ0) is 18.4. The van der Waals surface area contributed by atoms with Crippen molar-refractivity contribution in [3.05, 3.63) is 70.2 Å². The van der Waals surface area contributed by atoms with Gasteiger partial charge in [-0.15, -0.1) is 0 Å². The molecule has 0 spiro atoms. The summed E-state index contributed by atoms with van der Waals surface area (Å²) in [6.07, 6.45) is 5.82. The van der Waals surface area contributed by atoms with Crippen molar-refractivity contribution in [3.63, 3.8) is 0 Å². The van der Waals surface area contributed by atoms with Gasteiger partial charge in [0.05, 0.1) is 18.9 Å². The minimum atomic E-state index is -0.0897. The summed E-state index contributed by atoms with van der Waals surface area (Å²) in [7, 11) is 0. The first-order valence-electron chi connectivity index (χ1n) is 9.64. The molecular weight excluding hydrogens is 338 g/mol. The van der Waals surface area contributed by atoms with Crippen molar-refractivity contribution in [1.29, 1.82) is 0 Å². The van der Waals surface area contributed by atoms with Crippen molar-refractivity contribution in [2.24, 2.45) is 0 Å². The Labute approximate surface area is 158 Å². The first kappa shape index (κ1) is 16.5. The van der Waals surface area contributed by atoms with E-state index in [0.29, 0.717) is 31.4 Å². The lowest BCUT2D eigenvalue weighted by Gasteiger charge is -2.25. The molecular formula is C22H23N3O2. The molecule has 138 valence electrons. The molecule has 1 N–H and O–H groups in total. The van der Waals surface area contributed by atoms with Crippen LogP contribution in [0.25, 0.3) is 5.65 Å². The highest BCUT2D eigenvalue weighted by molar-refractivity contribution is 5.94. The quantitative estimate of drug-likeness (QED) is 0.767. The lowest BCUT2D eigenvalue weighted by Crippen LogP contribution is -2.25. The predicted octanol–water partition coefficient (Wildman–Crippen LogP) is 3.87. The van der Waals surface area contributed by atoms with Gasteiger partial charge in [-0.2, -0.15) is 0 Å². The van der Waals surface area contributed by atoms with Crippen molar-refractivity contribution in [2.75, 3.05) is 0 Å². The lowest BCUT2D eigenvalue weighted by molar-refractivity contribution is 0.0944. The van der Waals surface area contributed by atoms with Crippen LogP contribution in [0.4, 0.5) is 0 Å². The number of hydrogen-bond acceptors (Lipinski definition) is 3.